The van der Waals surface area contributed by atoms with E-state index >= 15 is 0 Å². The molecule has 0 atom stereocenters. The molecule has 0 radical (unpaired) electrons. The Bertz CT molecular complexity index is 398. The number of aromatic nitrogens is 1. The van der Waals surface area contributed by atoms with Crippen LogP contribution in [0.3, 0.4) is 0 Å². The molecular weight excluding hydrogens is 158 g/mol. The van der Waals surface area contributed by atoms with Gasteiger partial charge in [0, 0.05) is 11.8 Å². The van der Waals surface area contributed by atoms with E-state index in [1.54, 1.807) is 0 Å². The SMILES string of the molecule is Cc1ccnc2c1/C=C\C=C/C=C2. The second-order valence-electron chi connectivity index (χ2n) is 3.03. The lowest BCUT2D eigenvalue weighted by atomic mass is 10.1. The van der Waals surface area contributed by atoms with Crippen LogP contribution in [-0.4, -0.2) is 4.98 Å². The van der Waals surface area contributed by atoms with Crippen molar-refractivity contribution in [3.8, 4) is 0 Å². The van der Waals surface area contributed by atoms with Crippen molar-refractivity contribution in [2.75, 3.05) is 0 Å². The van der Waals surface area contributed by atoms with E-state index in [0.29, 0.717) is 0 Å². The van der Waals surface area contributed by atoms with Gasteiger partial charge in [-0.3, -0.25) is 4.98 Å². The molecule has 1 aliphatic rings. The van der Waals surface area contributed by atoms with Crippen LogP contribution in [0.25, 0.3) is 12.2 Å². The monoisotopic (exact) mass is 169 g/mol. The molecule has 1 heterocycles. The van der Waals surface area contributed by atoms with E-state index in [-0.39, 0.29) is 0 Å². The molecule has 0 spiro atoms. The molecule has 0 unspecified atom stereocenters. The van der Waals surface area contributed by atoms with Crippen LogP contribution in [0.15, 0.2) is 36.6 Å². The lowest BCUT2D eigenvalue weighted by Crippen LogP contribution is -1.90. The maximum absolute atomic E-state index is 4.31. The van der Waals surface area contributed by atoms with Gasteiger partial charge in [0.2, 0.25) is 0 Å². The highest BCUT2D eigenvalue weighted by molar-refractivity contribution is 5.67. The highest BCUT2D eigenvalue weighted by atomic mass is 14.7. The number of pyridine rings is 1. The molecule has 1 nitrogen and oxygen atoms in total. The van der Waals surface area contributed by atoms with Crippen molar-refractivity contribution in [3.05, 3.63) is 53.4 Å². The minimum absolute atomic E-state index is 1.04. The van der Waals surface area contributed by atoms with Crippen molar-refractivity contribution in [2.45, 2.75) is 6.92 Å². The average molecular weight is 169 g/mol. The predicted octanol–water partition coefficient (Wildman–Crippen LogP) is 2.99. The Morgan fingerprint density at radius 3 is 2.62 bits per heavy atom. The molecule has 1 heteroatoms. The lowest BCUT2D eigenvalue weighted by molar-refractivity contribution is 1.24. The summed E-state index contributed by atoms with van der Waals surface area (Å²) in [4.78, 5) is 4.31. The first-order valence-electron chi connectivity index (χ1n) is 4.35. The molecule has 0 bridgehead atoms. The molecular formula is C12H11N. The Morgan fingerprint density at radius 2 is 1.77 bits per heavy atom. The zero-order valence-corrected chi connectivity index (χ0v) is 7.57. The third-order valence-corrected chi connectivity index (χ3v) is 2.09. The third kappa shape index (κ3) is 1.59. The minimum atomic E-state index is 1.04. The molecule has 13 heavy (non-hydrogen) atoms. The number of aryl methyl sites for hydroxylation is 1. The Hall–Kier alpha value is -1.63. The predicted molar refractivity (Wildman–Crippen MR) is 56.2 cm³/mol. The molecule has 2 rings (SSSR count). The smallest absolute Gasteiger partial charge is 0.0704 e. The van der Waals surface area contributed by atoms with E-state index in [9.17, 15) is 0 Å². The van der Waals surface area contributed by atoms with Gasteiger partial charge < -0.3 is 0 Å². The number of fused-ring (bicyclic) bond motifs is 1. The van der Waals surface area contributed by atoms with Gasteiger partial charge in [-0.2, -0.15) is 0 Å². The fraction of sp³-hybridized carbons (Fsp3) is 0.0833. The van der Waals surface area contributed by atoms with E-state index < -0.39 is 0 Å². The second kappa shape index (κ2) is 3.40. The zero-order chi connectivity index (χ0) is 9.10. The first-order valence-corrected chi connectivity index (χ1v) is 4.35. The summed E-state index contributed by atoms with van der Waals surface area (Å²) in [7, 11) is 0. The van der Waals surface area contributed by atoms with Crippen molar-refractivity contribution in [1.82, 2.24) is 4.98 Å². The molecule has 0 aliphatic heterocycles. The summed E-state index contributed by atoms with van der Waals surface area (Å²) in [5.74, 6) is 0. The zero-order valence-electron chi connectivity index (χ0n) is 7.57. The van der Waals surface area contributed by atoms with E-state index in [1.165, 1.54) is 11.1 Å². The molecule has 0 aromatic carbocycles. The van der Waals surface area contributed by atoms with E-state index in [0.717, 1.165) is 5.69 Å². The minimum Gasteiger partial charge on any atom is -0.256 e. The molecule has 64 valence electrons. The summed E-state index contributed by atoms with van der Waals surface area (Å²) in [6.45, 7) is 2.10. The standard InChI is InChI=1S/C12H11N/c1-10-8-9-13-12-7-5-3-2-4-6-11(10)12/h2-9H,1H3/b3-2-,4-2?,5-3?,6-4-,7-5?,11-6?,12-7?. The largest absolute Gasteiger partial charge is 0.256 e. The summed E-state index contributed by atoms with van der Waals surface area (Å²) in [6.07, 6.45) is 14.0. The van der Waals surface area contributed by atoms with Gasteiger partial charge in [0.25, 0.3) is 0 Å². The van der Waals surface area contributed by atoms with E-state index in [1.807, 2.05) is 42.6 Å². The van der Waals surface area contributed by atoms with Crippen molar-refractivity contribution in [2.24, 2.45) is 0 Å². The van der Waals surface area contributed by atoms with Crippen LogP contribution in [0.1, 0.15) is 16.8 Å². The third-order valence-electron chi connectivity index (χ3n) is 2.09. The Balaban J connectivity index is 2.62. The van der Waals surface area contributed by atoms with Crippen LogP contribution in [0.4, 0.5) is 0 Å². The summed E-state index contributed by atoms with van der Waals surface area (Å²) >= 11 is 0. The highest BCUT2D eigenvalue weighted by Crippen LogP contribution is 2.16. The Morgan fingerprint density at radius 1 is 1.00 bits per heavy atom. The highest BCUT2D eigenvalue weighted by Gasteiger charge is 2.00. The van der Waals surface area contributed by atoms with Gasteiger partial charge in [-0.1, -0.05) is 30.4 Å². The number of allylic oxidation sites excluding steroid dienone is 4. The van der Waals surface area contributed by atoms with Gasteiger partial charge in [-0.15, -0.1) is 0 Å². The van der Waals surface area contributed by atoms with Crippen LogP contribution in [0, 0.1) is 6.92 Å². The maximum atomic E-state index is 4.31. The van der Waals surface area contributed by atoms with Crippen molar-refractivity contribution < 1.29 is 0 Å². The number of hydrogen-bond acceptors (Lipinski definition) is 1. The van der Waals surface area contributed by atoms with Crippen LogP contribution in [0.2, 0.25) is 0 Å². The van der Waals surface area contributed by atoms with Crippen LogP contribution in [-0.2, 0) is 0 Å². The molecule has 0 amide bonds. The fourth-order valence-electron chi connectivity index (χ4n) is 1.37. The fourth-order valence-corrected chi connectivity index (χ4v) is 1.37. The lowest BCUT2D eigenvalue weighted by Gasteiger charge is -2.04. The summed E-state index contributed by atoms with van der Waals surface area (Å²) in [6, 6.07) is 2.03. The number of rotatable bonds is 0. The molecule has 0 saturated heterocycles. The van der Waals surface area contributed by atoms with Gasteiger partial charge in [-0.05, 0) is 24.6 Å². The summed E-state index contributed by atoms with van der Waals surface area (Å²) in [5, 5.41) is 0. The van der Waals surface area contributed by atoms with E-state index in [2.05, 4.69) is 18.0 Å². The average Bonchev–Trinajstić information content (AvgIpc) is 2.07. The van der Waals surface area contributed by atoms with Crippen molar-refractivity contribution >= 4 is 12.2 Å². The molecule has 1 aromatic heterocycles. The van der Waals surface area contributed by atoms with Gasteiger partial charge >= 0.3 is 0 Å². The first-order chi connectivity index (χ1) is 6.38. The molecule has 0 N–H and O–H groups in total. The number of hydrogen-bond donors (Lipinski definition) is 0. The Kier molecular flexibility index (Phi) is 2.09. The van der Waals surface area contributed by atoms with Gasteiger partial charge in [-0.25, -0.2) is 0 Å². The van der Waals surface area contributed by atoms with Crippen LogP contribution < -0.4 is 0 Å². The second-order valence-corrected chi connectivity index (χ2v) is 3.03. The van der Waals surface area contributed by atoms with Gasteiger partial charge in [0.1, 0.15) is 0 Å². The van der Waals surface area contributed by atoms with E-state index in [4.69, 9.17) is 0 Å². The number of nitrogens with zero attached hydrogens (tertiary/aromatic N) is 1. The Labute approximate surface area is 78.1 Å². The van der Waals surface area contributed by atoms with Crippen molar-refractivity contribution in [1.29, 1.82) is 0 Å². The molecule has 0 saturated carbocycles. The first kappa shape index (κ1) is 7.99. The summed E-state index contributed by atoms with van der Waals surface area (Å²) < 4.78 is 0. The maximum Gasteiger partial charge on any atom is 0.0704 e. The normalized spacial score (nSPS) is 18.5. The molecule has 1 aliphatic carbocycles. The quantitative estimate of drug-likeness (QED) is 0.581. The van der Waals surface area contributed by atoms with Crippen LogP contribution in [0.5, 0.6) is 0 Å². The topological polar surface area (TPSA) is 12.9 Å². The molecule has 0 fully saturated rings. The summed E-state index contributed by atoms with van der Waals surface area (Å²) in [5.41, 5.74) is 3.52. The molecule has 1 aromatic rings. The van der Waals surface area contributed by atoms with Gasteiger partial charge in [0.05, 0.1) is 5.69 Å². The van der Waals surface area contributed by atoms with Crippen molar-refractivity contribution in [3.63, 3.8) is 0 Å². The van der Waals surface area contributed by atoms with Crippen LogP contribution >= 0.6 is 0 Å². The van der Waals surface area contributed by atoms with Gasteiger partial charge in [0.15, 0.2) is 0 Å².